The molecule has 0 aliphatic carbocycles. The van der Waals surface area contributed by atoms with Gasteiger partial charge in [-0.25, -0.2) is 0 Å². The quantitative estimate of drug-likeness (QED) is 0.205. The predicted octanol–water partition coefficient (Wildman–Crippen LogP) is 7.49. The molecule has 5 rings (SSSR count). The van der Waals surface area contributed by atoms with Crippen molar-refractivity contribution in [3.8, 4) is 5.75 Å². The van der Waals surface area contributed by atoms with Gasteiger partial charge in [-0.05, 0) is 70.4 Å². The molecule has 4 aromatic carbocycles. The van der Waals surface area contributed by atoms with E-state index in [4.69, 9.17) is 4.74 Å². The molecule has 0 atom stereocenters. The minimum atomic E-state index is -0.399. The lowest BCUT2D eigenvalue weighted by Crippen LogP contribution is -2.13. The molecule has 5 heteroatoms. The minimum absolute atomic E-state index is 0.0235. The highest BCUT2D eigenvalue weighted by Gasteiger charge is 2.18. The van der Waals surface area contributed by atoms with E-state index >= 15 is 0 Å². The van der Waals surface area contributed by atoms with E-state index < -0.39 is 4.92 Å². The number of benzene rings is 4. The zero-order chi connectivity index (χ0) is 25.6. The summed E-state index contributed by atoms with van der Waals surface area (Å²) in [6, 6.07) is 29.8. The minimum Gasteiger partial charge on any atom is -0.489 e. The number of aryl methyl sites for hydroxylation is 3. The molecule has 0 unspecified atom stereocenters. The monoisotopic (exact) mass is 490 g/mol. The van der Waals surface area contributed by atoms with Gasteiger partial charge < -0.3 is 10.1 Å². The predicted molar refractivity (Wildman–Crippen MR) is 150 cm³/mol. The maximum atomic E-state index is 11.2. The Balaban J connectivity index is 1.51. The molecule has 0 saturated heterocycles. The van der Waals surface area contributed by atoms with Gasteiger partial charge in [-0.15, -0.1) is 0 Å². The number of ether oxygens (including phenoxy) is 1. The molecule has 4 aromatic rings. The van der Waals surface area contributed by atoms with Crippen molar-refractivity contribution < 1.29 is 9.66 Å². The number of para-hydroxylation sites is 1. The second kappa shape index (κ2) is 11.1. The molecule has 186 valence electrons. The maximum absolute atomic E-state index is 11.2. The molecular formula is C32H30N2O3. The van der Waals surface area contributed by atoms with Gasteiger partial charge >= 0.3 is 0 Å². The van der Waals surface area contributed by atoms with Gasteiger partial charge in [0.15, 0.2) is 0 Å². The van der Waals surface area contributed by atoms with Crippen LogP contribution in [0.3, 0.4) is 0 Å². The third-order valence-corrected chi connectivity index (χ3v) is 6.90. The fourth-order valence-corrected chi connectivity index (χ4v) is 4.97. The normalized spacial score (nSPS) is 13.7. The fourth-order valence-electron chi connectivity index (χ4n) is 4.97. The smallest absolute Gasteiger partial charge is 0.273 e. The van der Waals surface area contributed by atoms with Crippen molar-refractivity contribution in [1.82, 2.24) is 0 Å². The summed E-state index contributed by atoms with van der Waals surface area (Å²) in [6.07, 6.45) is 5.05. The Morgan fingerprint density at radius 2 is 1.68 bits per heavy atom. The van der Waals surface area contributed by atoms with Crippen LogP contribution in [0.25, 0.3) is 11.6 Å². The summed E-state index contributed by atoms with van der Waals surface area (Å²) < 4.78 is 6.12. The Hall–Kier alpha value is -4.38. The van der Waals surface area contributed by atoms with Crippen LogP contribution in [-0.4, -0.2) is 11.5 Å². The molecule has 37 heavy (non-hydrogen) atoms. The van der Waals surface area contributed by atoms with E-state index in [1.54, 1.807) is 12.1 Å². The fraction of sp³-hybridized carbons (Fsp3) is 0.188. The van der Waals surface area contributed by atoms with Crippen LogP contribution in [0.5, 0.6) is 5.75 Å². The molecule has 1 aliphatic rings. The third kappa shape index (κ3) is 5.56. The summed E-state index contributed by atoms with van der Waals surface area (Å²) in [6.45, 7) is 3.22. The first kappa shape index (κ1) is 24.3. The molecule has 1 aliphatic heterocycles. The van der Waals surface area contributed by atoms with Crippen molar-refractivity contribution in [2.45, 2.75) is 32.7 Å². The Bertz CT molecular complexity index is 1440. The highest BCUT2D eigenvalue weighted by molar-refractivity contribution is 5.89. The summed E-state index contributed by atoms with van der Waals surface area (Å²) in [4.78, 5) is 10.8. The first-order valence-electron chi connectivity index (χ1n) is 12.7. The van der Waals surface area contributed by atoms with Crippen LogP contribution in [0.15, 0.2) is 91.0 Å². The standard InChI is InChI=1S/C32H30N2O3/c1-2-24-11-7-16-30-27(22-37-29-15-8-14-28(20-29)34(35)36)19-26-13-6-12-25(32(26)33-21-31(24)30)18-17-23-9-4-3-5-10-23/h3-16,19-20,33H,2,17-18,21-22H2,1H3/b27-19-. The van der Waals surface area contributed by atoms with Gasteiger partial charge in [-0.1, -0.05) is 79.7 Å². The number of non-ortho nitro benzene ring substituents is 1. The van der Waals surface area contributed by atoms with Crippen LogP contribution in [0, 0.1) is 10.1 Å². The topological polar surface area (TPSA) is 64.4 Å². The summed E-state index contributed by atoms with van der Waals surface area (Å²) in [5.41, 5.74) is 9.69. The van der Waals surface area contributed by atoms with Crippen LogP contribution in [0.4, 0.5) is 11.4 Å². The van der Waals surface area contributed by atoms with Crippen molar-refractivity contribution in [3.05, 3.63) is 134 Å². The van der Waals surface area contributed by atoms with Gasteiger partial charge in [-0.2, -0.15) is 0 Å². The largest absolute Gasteiger partial charge is 0.489 e. The third-order valence-electron chi connectivity index (χ3n) is 6.90. The first-order chi connectivity index (χ1) is 18.1. The van der Waals surface area contributed by atoms with Crippen LogP contribution in [0.2, 0.25) is 0 Å². The summed E-state index contributed by atoms with van der Waals surface area (Å²) >= 11 is 0. The molecular weight excluding hydrogens is 460 g/mol. The second-order valence-electron chi connectivity index (χ2n) is 9.23. The molecule has 5 nitrogen and oxygen atoms in total. The molecule has 1 heterocycles. The van der Waals surface area contributed by atoms with Crippen LogP contribution in [0.1, 0.15) is 40.3 Å². The summed E-state index contributed by atoms with van der Waals surface area (Å²) in [7, 11) is 0. The molecule has 0 radical (unpaired) electrons. The average molecular weight is 491 g/mol. The Kier molecular flexibility index (Phi) is 7.31. The van der Waals surface area contributed by atoms with Gasteiger partial charge in [-0.3, -0.25) is 10.1 Å². The zero-order valence-corrected chi connectivity index (χ0v) is 20.9. The van der Waals surface area contributed by atoms with Crippen molar-refractivity contribution in [3.63, 3.8) is 0 Å². The molecule has 0 bridgehead atoms. The van der Waals surface area contributed by atoms with Crippen molar-refractivity contribution in [1.29, 1.82) is 0 Å². The number of hydrogen-bond acceptors (Lipinski definition) is 4. The van der Waals surface area contributed by atoms with E-state index in [0.29, 0.717) is 12.4 Å². The van der Waals surface area contributed by atoms with E-state index in [2.05, 4.69) is 79.0 Å². The zero-order valence-electron chi connectivity index (χ0n) is 20.9. The van der Waals surface area contributed by atoms with Crippen LogP contribution in [-0.2, 0) is 25.8 Å². The maximum Gasteiger partial charge on any atom is 0.273 e. The van der Waals surface area contributed by atoms with E-state index in [1.807, 2.05) is 6.07 Å². The first-order valence-corrected chi connectivity index (χ1v) is 12.7. The molecule has 0 saturated carbocycles. The molecule has 0 aromatic heterocycles. The number of nitro benzene ring substituents is 1. The number of rotatable bonds is 8. The molecule has 1 N–H and O–H groups in total. The lowest BCUT2D eigenvalue weighted by molar-refractivity contribution is -0.384. The van der Waals surface area contributed by atoms with Crippen molar-refractivity contribution in [2.75, 3.05) is 11.9 Å². The summed E-state index contributed by atoms with van der Waals surface area (Å²) in [5.74, 6) is 0.486. The second-order valence-corrected chi connectivity index (χ2v) is 9.23. The van der Waals surface area contributed by atoms with Gasteiger partial charge in [0.2, 0.25) is 0 Å². The Labute approximate surface area is 217 Å². The van der Waals surface area contributed by atoms with Crippen molar-refractivity contribution >= 4 is 23.0 Å². The highest BCUT2D eigenvalue weighted by Crippen LogP contribution is 2.34. The molecule has 0 amide bonds. The lowest BCUT2D eigenvalue weighted by Gasteiger charge is -2.24. The average Bonchev–Trinajstić information content (AvgIpc) is 2.92. The number of nitrogens with zero attached hydrogens (tertiary/aromatic N) is 1. The summed E-state index contributed by atoms with van der Waals surface area (Å²) in [5, 5.41) is 15.0. The Morgan fingerprint density at radius 3 is 2.49 bits per heavy atom. The van der Waals surface area contributed by atoms with Crippen LogP contribution >= 0.6 is 0 Å². The van der Waals surface area contributed by atoms with Gasteiger partial charge in [0.1, 0.15) is 12.4 Å². The number of nitro groups is 1. The van der Waals surface area contributed by atoms with E-state index in [9.17, 15) is 10.1 Å². The van der Waals surface area contributed by atoms with Gasteiger partial charge in [0, 0.05) is 18.3 Å². The number of nitrogens with one attached hydrogen (secondary N) is 1. The molecule has 0 spiro atoms. The van der Waals surface area contributed by atoms with Crippen LogP contribution < -0.4 is 10.1 Å². The lowest BCUT2D eigenvalue weighted by atomic mass is 9.90. The number of hydrogen-bond donors (Lipinski definition) is 1. The van der Waals surface area contributed by atoms with E-state index in [1.165, 1.54) is 34.4 Å². The SMILES string of the molecule is CCc1cccc2c1CNc1c(cccc1CCc1ccccc1)/C=C\2COc1cccc([N+](=O)[O-])c1. The Morgan fingerprint density at radius 1 is 0.892 bits per heavy atom. The number of anilines is 1. The van der Waals surface area contributed by atoms with E-state index in [-0.39, 0.29) is 5.69 Å². The van der Waals surface area contributed by atoms with E-state index in [0.717, 1.165) is 48.2 Å². The highest BCUT2D eigenvalue weighted by atomic mass is 16.6. The molecule has 0 fully saturated rings. The van der Waals surface area contributed by atoms with Gasteiger partial charge in [0.05, 0.1) is 11.0 Å². The number of fused-ring (bicyclic) bond motifs is 2. The van der Waals surface area contributed by atoms with Gasteiger partial charge in [0.25, 0.3) is 5.69 Å². The van der Waals surface area contributed by atoms with Crippen molar-refractivity contribution in [2.24, 2.45) is 0 Å².